The van der Waals surface area contributed by atoms with Gasteiger partial charge in [-0.3, -0.25) is 0 Å². The zero-order valence-corrected chi connectivity index (χ0v) is 14.4. The van der Waals surface area contributed by atoms with Crippen LogP contribution >= 0.6 is 0 Å². The molecule has 0 heterocycles. The van der Waals surface area contributed by atoms with Crippen LogP contribution in [0, 0.1) is 39.9 Å². The van der Waals surface area contributed by atoms with Gasteiger partial charge in [0.1, 0.15) is 0 Å². The molecular weight excluding hydrogens is 286 g/mol. The van der Waals surface area contributed by atoms with Crippen LogP contribution in [0.4, 0.5) is 0 Å². The minimum absolute atomic E-state index is 0.158. The molecule has 0 spiro atoms. The zero-order valence-electron chi connectivity index (χ0n) is 14.4. The molecule has 0 bridgehead atoms. The fourth-order valence-electron chi connectivity index (χ4n) is 6.84. The number of fused-ring (bicyclic) bond motifs is 5. The van der Waals surface area contributed by atoms with Crippen LogP contribution in [0.15, 0.2) is 11.6 Å². The second-order valence-corrected chi connectivity index (χ2v) is 9.12. The standard InChI is InChI=1S/C20H29NO2/c1-18-8-5-14(22)11-13(18)3-4-15-16(18)6-9-19(2)17(15)7-10-20(19,23)12-21/h3,14-17,22-23H,4-11H2,1-2H3/t14-,15+,16-,17-,18-,19+,20+/m0/s1. The van der Waals surface area contributed by atoms with Gasteiger partial charge in [-0.2, -0.15) is 5.26 Å². The Bertz CT molecular complexity index is 593. The van der Waals surface area contributed by atoms with E-state index in [0.717, 1.165) is 44.9 Å². The van der Waals surface area contributed by atoms with Crippen molar-refractivity contribution in [3.8, 4) is 6.07 Å². The van der Waals surface area contributed by atoms with E-state index in [1.807, 2.05) is 0 Å². The van der Waals surface area contributed by atoms with Crippen molar-refractivity contribution in [2.75, 3.05) is 0 Å². The SMILES string of the molecule is C[C@]12CC[C@H](O)CC1=CC[C@@H]1[C@@H]2CC[C@]2(C)[C@H]1CC[C@@]2(O)C#N. The molecule has 126 valence electrons. The van der Waals surface area contributed by atoms with Gasteiger partial charge in [-0.05, 0) is 74.5 Å². The topological polar surface area (TPSA) is 64.2 Å². The Morgan fingerprint density at radius 3 is 2.61 bits per heavy atom. The maximum Gasteiger partial charge on any atom is 0.156 e. The van der Waals surface area contributed by atoms with E-state index < -0.39 is 5.60 Å². The number of aliphatic hydroxyl groups is 2. The summed E-state index contributed by atoms with van der Waals surface area (Å²) in [4.78, 5) is 0. The molecule has 0 aromatic heterocycles. The highest BCUT2D eigenvalue weighted by atomic mass is 16.3. The highest BCUT2D eigenvalue weighted by Crippen LogP contribution is 2.66. The lowest BCUT2D eigenvalue weighted by molar-refractivity contribution is -0.0978. The molecule has 3 nitrogen and oxygen atoms in total. The monoisotopic (exact) mass is 315 g/mol. The van der Waals surface area contributed by atoms with Crippen molar-refractivity contribution in [2.24, 2.45) is 28.6 Å². The maximum atomic E-state index is 10.9. The Balaban J connectivity index is 1.69. The lowest BCUT2D eigenvalue weighted by Crippen LogP contribution is -2.54. The van der Waals surface area contributed by atoms with E-state index >= 15 is 0 Å². The summed E-state index contributed by atoms with van der Waals surface area (Å²) in [5, 5.41) is 30.5. The molecule has 2 N–H and O–H groups in total. The van der Waals surface area contributed by atoms with E-state index in [2.05, 4.69) is 26.0 Å². The molecular formula is C20H29NO2. The predicted octanol–water partition coefficient (Wildman–Crippen LogP) is 3.56. The van der Waals surface area contributed by atoms with Crippen molar-refractivity contribution in [1.82, 2.24) is 0 Å². The average molecular weight is 315 g/mol. The molecule has 3 heteroatoms. The van der Waals surface area contributed by atoms with Crippen LogP contribution in [-0.2, 0) is 0 Å². The third-order valence-electron chi connectivity index (χ3n) is 8.41. The Hall–Kier alpha value is -0.850. The molecule has 0 unspecified atom stereocenters. The van der Waals surface area contributed by atoms with Gasteiger partial charge in [0.25, 0.3) is 0 Å². The largest absolute Gasteiger partial charge is 0.393 e. The average Bonchev–Trinajstić information content (AvgIpc) is 2.80. The zero-order chi connectivity index (χ0) is 16.5. The summed E-state index contributed by atoms with van der Waals surface area (Å²) in [6.45, 7) is 4.58. The van der Waals surface area contributed by atoms with Crippen LogP contribution in [-0.4, -0.2) is 21.9 Å². The quantitative estimate of drug-likeness (QED) is 0.530. The van der Waals surface area contributed by atoms with Crippen molar-refractivity contribution in [2.45, 2.75) is 76.9 Å². The lowest BCUT2D eigenvalue weighted by atomic mass is 9.47. The predicted molar refractivity (Wildman–Crippen MR) is 88.3 cm³/mol. The molecule has 3 fully saturated rings. The molecule has 0 amide bonds. The smallest absolute Gasteiger partial charge is 0.156 e. The van der Waals surface area contributed by atoms with Crippen molar-refractivity contribution < 1.29 is 10.2 Å². The molecule has 7 atom stereocenters. The Kier molecular flexibility index (Phi) is 3.29. The second-order valence-electron chi connectivity index (χ2n) is 9.12. The van der Waals surface area contributed by atoms with Crippen molar-refractivity contribution in [3.05, 3.63) is 11.6 Å². The molecule has 4 aliphatic carbocycles. The first-order valence-electron chi connectivity index (χ1n) is 9.35. The first kappa shape index (κ1) is 15.7. The van der Waals surface area contributed by atoms with E-state index in [1.165, 1.54) is 5.57 Å². The van der Waals surface area contributed by atoms with Gasteiger partial charge in [0.2, 0.25) is 0 Å². The van der Waals surface area contributed by atoms with Crippen LogP contribution < -0.4 is 0 Å². The van der Waals surface area contributed by atoms with Gasteiger partial charge in [0.05, 0.1) is 12.2 Å². The van der Waals surface area contributed by atoms with Crippen LogP contribution in [0.1, 0.15) is 65.2 Å². The number of allylic oxidation sites excluding steroid dienone is 1. The van der Waals surface area contributed by atoms with Crippen molar-refractivity contribution >= 4 is 0 Å². The van der Waals surface area contributed by atoms with Gasteiger partial charge in [0, 0.05) is 5.41 Å². The summed E-state index contributed by atoms with van der Waals surface area (Å²) >= 11 is 0. The molecule has 4 rings (SSSR count). The van der Waals surface area contributed by atoms with Gasteiger partial charge in [-0.25, -0.2) is 0 Å². The maximum absolute atomic E-state index is 10.9. The van der Waals surface area contributed by atoms with Gasteiger partial charge < -0.3 is 10.2 Å². The fourth-order valence-corrected chi connectivity index (χ4v) is 6.84. The van der Waals surface area contributed by atoms with Crippen LogP contribution in [0.2, 0.25) is 0 Å². The number of hydrogen-bond acceptors (Lipinski definition) is 3. The first-order valence-corrected chi connectivity index (χ1v) is 9.35. The summed E-state index contributed by atoms with van der Waals surface area (Å²) in [7, 11) is 0. The minimum Gasteiger partial charge on any atom is -0.393 e. The van der Waals surface area contributed by atoms with Crippen molar-refractivity contribution in [1.29, 1.82) is 5.26 Å². The Labute approximate surface area is 139 Å². The molecule has 3 saturated carbocycles. The number of aliphatic hydroxyl groups excluding tert-OH is 1. The van der Waals surface area contributed by atoms with Gasteiger partial charge >= 0.3 is 0 Å². The number of nitriles is 1. The van der Waals surface area contributed by atoms with Gasteiger partial charge in [-0.15, -0.1) is 0 Å². The van der Waals surface area contributed by atoms with Crippen LogP contribution in [0.5, 0.6) is 0 Å². The van der Waals surface area contributed by atoms with E-state index in [4.69, 9.17) is 0 Å². The van der Waals surface area contributed by atoms with E-state index in [0.29, 0.717) is 24.2 Å². The Morgan fingerprint density at radius 1 is 1.13 bits per heavy atom. The van der Waals surface area contributed by atoms with Crippen LogP contribution in [0.3, 0.4) is 0 Å². The van der Waals surface area contributed by atoms with Crippen LogP contribution in [0.25, 0.3) is 0 Å². The molecule has 0 aromatic rings. The normalized spacial score (nSPS) is 55.2. The summed E-state index contributed by atoms with van der Waals surface area (Å²) in [5.74, 6) is 1.72. The summed E-state index contributed by atoms with van der Waals surface area (Å²) in [5.41, 5.74) is 0.348. The highest BCUT2D eigenvalue weighted by Gasteiger charge is 2.64. The van der Waals surface area contributed by atoms with E-state index in [1.54, 1.807) is 0 Å². The fraction of sp³-hybridized carbons (Fsp3) is 0.850. The Morgan fingerprint density at radius 2 is 1.87 bits per heavy atom. The molecule has 0 radical (unpaired) electrons. The second kappa shape index (κ2) is 4.83. The third-order valence-corrected chi connectivity index (χ3v) is 8.41. The third kappa shape index (κ3) is 1.88. The van der Waals surface area contributed by atoms with Gasteiger partial charge in [0.15, 0.2) is 5.60 Å². The minimum atomic E-state index is -1.13. The van der Waals surface area contributed by atoms with Gasteiger partial charge in [-0.1, -0.05) is 25.5 Å². The number of nitrogens with zero attached hydrogens (tertiary/aromatic N) is 1. The van der Waals surface area contributed by atoms with Crippen molar-refractivity contribution in [3.63, 3.8) is 0 Å². The summed E-state index contributed by atoms with van der Waals surface area (Å²) in [6, 6.07) is 2.25. The highest BCUT2D eigenvalue weighted by molar-refractivity contribution is 5.27. The molecule has 0 aliphatic heterocycles. The molecule has 0 aromatic carbocycles. The molecule has 4 aliphatic rings. The summed E-state index contributed by atoms with van der Waals surface area (Å²) < 4.78 is 0. The number of rotatable bonds is 0. The lowest BCUT2D eigenvalue weighted by Gasteiger charge is -2.58. The number of hydrogen-bond donors (Lipinski definition) is 2. The molecule has 0 saturated heterocycles. The van der Waals surface area contributed by atoms with E-state index in [9.17, 15) is 15.5 Å². The summed E-state index contributed by atoms with van der Waals surface area (Å²) in [6.07, 6.45) is 9.89. The van der Waals surface area contributed by atoms with E-state index in [-0.39, 0.29) is 16.9 Å². The first-order chi connectivity index (χ1) is 10.8. The molecule has 23 heavy (non-hydrogen) atoms.